The van der Waals surface area contributed by atoms with Crippen LogP contribution in [-0.4, -0.2) is 4.98 Å². The molecular formula is C14H17ClN2. The number of fused-ring (bicyclic) bond motifs is 1. The largest absolute Gasteiger partial charge is 0.398 e. The molecule has 0 aliphatic rings. The van der Waals surface area contributed by atoms with Crippen molar-refractivity contribution >= 4 is 28.2 Å². The molecule has 1 heterocycles. The standard InChI is InChI=1S/C14H17ClN2/c1-8(2)4-11-7-13(16)12-6-10(15)5-9(3)14(12)17-11/h5-8H,4H2,1-3H3,(H2,16,17). The van der Waals surface area contributed by atoms with E-state index in [9.17, 15) is 0 Å². The molecule has 0 bridgehead atoms. The Morgan fingerprint density at radius 1 is 1.29 bits per heavy atom. The van der Waals surface area contributed by atoms with Crippen molar-refractivity contribution in [3.8, 4) is 0 Å². The lowest BCUT2D eigenvalue weighted by Gasteiger charge is -2.10. The van der Waals surface area contributed by atoms with E-state index in [1.807, 2.05) is 25.1 Å². The highest BCUT2D eigenvalue weighted by Crippen LogP contribution is 2.27. The highest BCUT2D eigenvalue weighted by Gasteiger charge is 2.08. The van der Waals surface area contributed by atoms with E-state index in [1.165, 1.54) is 0 Å². The van der Waals surface area contributed by atoms with Gasteiger partial charge in [0.2, 0.25) is 0 Å². The van der Waals surface area contributed by atoms with E-state index in [0.29, 0.717) is 10.9 Å². The third-order valence-electron chi connectivity index (χ3n) is 2.77. The van der Waals surface area contributed by atoms with Crippen LogP contribution in [0.3, 0.4) is 0 Å². The van der Waals surface area contributed by atoms with Crippen molar-refractivity contribution in [3.05, 3.63) is 34.5 Å². The van der Waals surface area contributed by atoms with Crippen molar-refractivity contribution in [2.75, 3.05) is 5.73 Å². The van der Waals surface area contributed by atoms with E-state index < -0.39 is 0 Å². The minimum Gasteiger partial charge on any atom is -0.398 e. The second kappa shape index (κ2) is 4.53. The Morgan fingerprint density at radius 2 is 2.00 bits per heavy atom. The smallest absolute Gasteiger partial charge is 0.0756 e. The van der Waals surface area contributed by atoms with Gasteiger partial charge in [-0.1, -0.05) is 25.4 Å². The number of aromatic nitrogens is 1. The van der Waals surface area contributed by atoms with Crippen LogP contribution in [0.4, 0.5) is 5.69 Å². The lowest BCUT2D eigenvalue weighted by molar-refractivity contribution is 0.637. The molecule has 0 fully saturated rings. The summed E-state index contributed by atoms with van der Waals surface area (Å²) in [6.45, 7) is 6.37. The third-order valence-corrected chi connectivity index (χ3v) is 2.99. The molecule has 0 spiro atoms. The number of pyridine rings is 1. The highest BCUT2D eigenvalue weighted by molar-refractivity contribution is 6.31. The molecule has 2 nitrogen and oxygen atoms in total. The summed E-state index contributed by atoms with van der Waals surface area (Å²) in [7, 11) is 0. The topological polar surface area (TPSA) is 38.9 Å². The molecule has 2 N–H and O–H groups in total. The van der Waals surface area contributed by atoms with Crippen LogP contribution in [0.1, 0.15) is 25.1 Å². The van der Waals surface area contributed by atoms with Crippen LogP contribution >= 0.6 is 11.6 Å². The zero-order valence-corrected chi connectivity index (χ0v) is 11.2. The summed E-state index contributed by atoms with van der Waals surface area (Å²) < 4.78 is 0. The van der Waals surface area contributed by atoms with Gasteiger partial charge in [-0.05, 0) is 43.0 Å². The average molecular weight is 249 g/mol. The monoisotopic (exact) mass is 248 g/mol. The molecule has 0 unspecified atom stereocenters. The molecule has 1 aromatic heterocycles. The first-order valence-electron chi connectivity index (χ1n) is 5.82. The van der Waals surface area contributed by atoms with Gasteiger partial charge >= 0.3 is 0 Å². The second-order valence-electron chi connectivity index (χ2n) is 4.92. The Labute approximate surface area is 107 Å². The summed E-state index contributed by atoms with van der Waals surface area (Å²) in [4.78, 5) is 4.68. The molecule has 0 aliphatic carbocycles. The maximum absolute atomic E-state index is 6.07. The summed E-state index contributed by atoms with van der Waals surface area (Å²) in [5.41, 5.74) is 9.92. The number of aryl methyl sites for hydroxylation is 1. The van der Waals surface area contributed by atoms with Crippen LogP contribution in [0.25, 0.3) is 10.9 Å². The van der Waals surface area contributed by atoms with E-state index in [2.05, 4.69) is 18.8 Å². The lowest BCUT2D eigenvalue weighted by atomic mass is 10.0. The fourth-order valence-electron chi connectivity index (χ4n) is 2.06. The zero-order chi connectivity index (χ0) is 12.6. The Balaban J connectivity index is 2.64. The summed E-state index contributed by atoms with van der Waals surface area (Å²) in [5, 5.41) is 1.66. The van der Waals surface area contributed by atoms with Gasteiger partial charge in [0.1, 0.15) is 0 Å². The van der Waals surface area contributed by atoms with Crippen molar-refractivity contribution in [2.45, 2.75) is 27.2 Å². The molecule has 0 amide bonds. The van der Waals surface area contributed by atoms with Crippen molar-refractivity contribution in [3.63, 3.8) is 0 Å². The summed E-state index contributed by atoms with van der Waals surface area (Å²) >= 11 is 6.04. The quantitative estimate of drug-likeness (QED) is 0.873. The molecule has 0 radical (unpaired) electrons. The molecule has 2 aromatic rings. The van der Waals surface area contributed by atoms with Crippen molar-refractivity contribution in [1.29, 1.82) is 0 Å². The van der Waals surface area contributed by atoms with Gasteiger partial charge in [0.25, 0.3) is 0 Å². The Bertz CT molecular complexity index is 562. The number of anilines is 1. The van der Waals surface area contributed by atoms with Crippen LogP contribution in [0.5, 0.6) is 0 Å². The van der Waals surface area contributed by atoms with E-state index in [0.717, 1.165) is 34.3 Å². The first-order valence-corrected chi connectivity index (χ1v) is 6.20. The maximum atomic E-state index is 6.07. The van der Waals surface area contributed by atoms with Crippen LogP contribution < -0.4 is 5.73 Å². The van der Waals surface area contributed by atoms with E-state index in [-0.39, 0.29) is 0 Å². The van der Waals surface area contributed by atoms with Gasteiger partial charge in [-0.25, -0.2) is 0 Å². The number of nitrogen functional groups attached to an aromatic ring is 1. The Hall–Kier alpha value is -1.28. The Kier molecular flexibility index (Phi) is 3.25. The number of rotatable bonds is 2. The summed E-state index contributed by atoms with van der Waals surface area (Å²) in [6.07, 6.45) is 0.947. The minimum atomic E-state index is 0.576. The molecule has 0 aliphatic heterocycles. The fourth-order valence-corrected chi connectivity index (χ4v) is 2.33. The highest BCUT2D eigenvalue weighted by atomic mass is 35.5. The SMILES string of the molecule is Cc1cc(Cl)cc2c(N)cc(CC(C)C)nc12. The number of hydrogen-bond donors (Lipinski definition) is 1. The lowest BCUT2D eigenvalue weighted by Crippen LogP contribution is -2.01. The van der Waals surface area contributed by atoms with Crippen molar-refractivity contribution in [1.82, 2.24) is 4.98 Å². The molecule has 90 valence electrons. The van der Waals surface area contributed by atoms with Gasteiger partial charge in [-0.2, -0.15) is 0 Å². The predicted molar refractivity (Wildman–Crippen MR) is 74.4 cm³/mol. The van der Waals surface area contributed by atoms with Gasteiger partial charge in [0, 0.05) is 21.8 Å². The van der Waals surface area contributed by atoms with Crippen LogP contribution in [-0.2, 0) is 6.42 Å². The van der Waals surface area contributed by atoms with Crippen LogP contribution in [0, 0.1) is 12.8 Å². The molecule has 1 aromatic carbocycles. The van der Waals surface area contributed by atoms with Crippen LogP contribution in [0.2, 0.25) is 5.02 Å². The van der Waals surface area contributed by atoms with E-state index >= 15 is 0 Å². The molecule has 3 heteroatoms. The number of halogens is 1. The number of hydrogen-bond acceptors (Lipinski definition) is 2. The summed E-state index contributed by atoms with van der Waals surface area (Å²) in [5.74, 6) is 0.576. The van der Waals surface area contributed by atoms with Gasteiger partial charge in [0.15, 0.2) is 0 Å². The van der Waals surface area contributed by atoms with Crippen molar-refractivity contribution in [2.24, 2.45) is 5.92 Å². The molecular weight excluding hydrogens is 232 g/mol. The van der Waals surface area contributed by atoms with Gasteiger partial charge in [-0.3, -0.25) is 4.98 Å². The maximum Gasteiger partial charge on any atom is 0.0756 e. The third kappa shape index (κ3) is 2.52. The van der Waals surface area contributed by atoms with Gasteiger partial charge in [0.05, 0.1) is 5.52 Å². The number of nitrogens with zero attached hydrogens (tertiary/aromatic N) is 1. The second-order valence-corrected chi connectivity index (χ2v) is 5.36. The molecule has 0 saturated carbocycles. The van der Waals surface area contributed by atoms with Crippen molar-refractivity contribution < 1.29 is 0 Å². The zero-order valence-electron chi connectivity index (χ0n) is 10.4. The number of nitrogens with two attached hydrogens (primary N) is 1. The average Bonchev–Trinajstić information content (AvgIpc) is 2.19. The first-order chi connectivity index (χ1) is 7.97. The Morgan fingerprint density at radius 3 is 2.65 bits per heavy atom. The molecule has 2 rings (SSSR count). The van der Waals surface area contributed by atoms with Gasteiger partial charge in [-0.15, -0.1) is 0 Å². The molecule has 0 atom stereocenters. The summed E-state index contributed by atoms with van der Waals surface area (Å²) in [6, 6.07) is 5.76. The fraction of sp³-hybridized carbons (Fsp3) is 0.357. The van der Waals surface area contributed by atoms with Crippen LogP contribution in [0.15, 0.2) is 18.2 Å². The first kappa shape index (κ1) is 12.2. The molecule has 17 heavy (non-hydrogen) atoms. The van der Waals surface area contributed by atoms with Gasteiger partial charge < -0.3 is 5.73 Å². The minimum absolute atomic E-state index is 0.576. The normalized spacial score (nSPS) is 11.4. The van der Waals surface area contributed by atoms with E-state index in [4.69, 9.17) is 17.3 Å². The molecule has 0 saturated heterocycles. The predicted octanol–water partition coefficient (Wildman–Crippen LogP) is 3.98. The van der Waals surface area contributed by atoms with E-state index in [1.54, 1.807) is 0 Å². The number of benzene rings is 1.